The van der Waals surface area contributed by atoms with Crippen molar-refractivity contribution in [3.05, 3.63) is 89.2 Å². The minimum Gasteiger partial charge on any atom is -0.497 e. The molecule has 0 bridgehead atoms. The van der Waals surface area contributed by atoms with Crippen LogP contribution in [0.1, 0.15) is 27.5 Å². The zero-order chi connectivity index (χ0) is 24.9. The molecule has 2 amide bonds. The predicted molar refractivity (Wildman–Crippen MR) is 127 cm³/mol. The van der Waals surface area contributed by atoms with E-state index in [0.29, 0.717) is 17.2 Å². The highest BCUT2D eigenvalue weighted by Gasteiger charge is 2.47. The van der Waals surface area contributed by atoms with Gasteiger partial charge < -0.3 is 19.5 Å². The minimum atomic E-state index is -0.919. The van der Waals surface area contributed by atoms with Gasteiger partial charge in [-0.25, -0.2) is 4.39 Å². The number of ether oxygens (including phenoxy) is 3. The van der Waals surface area contributed by atoms with E-state index in [1.165, 1.54) is 24.3 Å². The average Bonchev–Trinajstić information content (AvgIpc) is 3.18. The first-order valence-corrected chi connectivity index (χ1v) is 10.8. The topological polar surface area (TPSA) is 88.9 Å². The highest BCUT2D eigenvalue weighted by atomic mass is 19.1. The molecule has 1 saturated heterocycles. The molecule has 0 radical (unpaired) electrons. The third-order valence-corrected chi connectivity index (χ3v) is 5.68. The van der Waals surface area contributed by atoms with Crippen LogP contribution < -0.4 is 25.0 Å². The zero-order valence-corrected chi connectivity index (χ0v) is 19.4. The Morgan fingerprint density at radius 3 is 2.26 bits per heavy atom. The van der Waals surface area contributed by atoms with Crippen molar-refractivity contribution in [1.82, 2.24) is 10.7 Å². The third kappa shape index (κ3) is 5.08. The van der Waals surface area contributed by atoms with Crippen molar-refractivity contribution in [2.45, 2.75) is 12.1 Å². The van der Waals surface area contributed by atoms with Gasteiger partial charge in [-0.2, -0.15) is 0 Å². The maximum absolute atomic E-state index is 13.3. The first kappa shape index (κ1) is 23.7. The van der Waals surface area contributed by atoms with E-state index >= 15 is 0 Å². The lowest BCUT2D eigenvalue weighted by molar-refractivity contribution is -0.596. The fourth-order valence-corrected chi connectivity index (χ4v) is 3.90. The van der Waals surface area contributed by atoms with Crippen LogP contribution in [0.15, 0.2) is 66.7 Å². The summed E-state index contributed by atoms with van der Waals surface area (Å²) in [4.78, 5) is 25.9. The molecule has 1 aliphatic rings. The Hall–Kier alpha value is -4.40. The van der Waals surface area contributed by atoms with Gasteiger partial charge in [0.25, 0.3) is 5.91 Å². The Balaban J connectivity index is 1.71. The summed E-state index contributed by atoms with van der Waals surface area (Å²) in [5.41, 5.74) is 4.58. The van der Waals surface area contributed by atoms with Gasteiger partial charge in [-0.15, -0.1) is 10.1 Å². The molecular weight excluding hydrogens is 453 g/mol. The van der Waals surface area contributed by atoms with Gasteiger partial charge in [0.05, 0.1) is 21.3 Å². The number of halogens is 1. The maximum Gasteiger partial charge on any atom is 0.304 e. The van der Waals surface area contributed by atoms with Gasteiger partial charge in [0.1, 0.15) is 11.6 Å². The van der Waals surface area contributed by atoms with Crippen LogP contribution in [0, 0.1) is 5.82 Å². The number of carbonyl (C=O) groups is 2. The van der Waals surface area contributed by atoms with Crippen molar-refractivity contribution < 1.29 is 32.9 Å². The summed E-state index contributed by atoms with van der Waals surface area (Å²) in [6, 6.07) is 16.2. The molecule has 4 rings (SSSR count). The Bertz CT molecular complexity index is 1260. The zero-order valence-electron chi connectivity index (χ0n) is 19.4. The third-order valence-electron chi connectivity index (χ3n) is 5.68. The largest absolute Gasteiger partial charge is 0.497 e. The second-order valence-electron chi connectivity index (χ2n) is 7.80. The number of hydrogen-bond donors (Lipinski definition) is 2. The molecule has 1 fully saturated rings. The molecule has 0 spiro atoms. The lowest BCUT2D eigenvalue weighted by Gasteiger charge is -2.15. The minimum absolute atomic E-state index is 0.245. The van der Waals surface area contributed by atoms with E-state index in [4.69, 9.17) is 14.2 Å². The Morgan fingerprint density at radius 1 is 0.943 bits per heavy atom. The fraction of sp³-hybridized carbons (Fsp3) is 0.192. The van der Waals surface area contributed by atoms with Gasteiger partial charge in [-0.05, 0) is 66.7 Å². The number of hydrazone groups is 1. The van der Waals surface area contributed by atoms with Crippen molar-refractivity contribution in [2.24, 2.45) is 0 Å². The van der Waals surface area contributed by atoms with Crippen LogP contribution >= 0.6 is 0 Å². The monoisotopic (exact) mass is 478 g/mol. The molecule has 3 aromatic rings. The summed E-state index contributed by atoms with van der Waals surface area (Å²) in [6.45, 7) is 0. The second-order valence-corrected chi connectivity index (χ2v) is 7.80. The van der Waals surface area contributed by atoms with E-state index in [1.807, 2.05) is 18.2 Å². The average molecular weight is 479 g/mol. The Kier molecular flexibility index (Phi) is 6.96. The van der Waals surface area contributed by atoms with Crippen LogP contribution in [0.25, 0.3) is 0 Å². The molecule has 3 aromatic carbocycles. The van der Waals surface area contributed by atoms with E-state index < -0.39 is 29.7 Å². The lowest BCUT2D eigenvalue weighted by atomic mass is 9.99. The summed E-state index contributed by atoms with van der Waals surface area (Å²) in [6.07, 6.45) is 1.75. The molecule has 2 N–H and O–H groups in total. The van der Waals surface area contributed by atoms with Crippen molar-refractivity contribution in [3.8, 4) is 17.2 Å². The van der Waals surface area contributed by atoms with Gasteiger partial charge >= 0.3 is 5.91 Å². The quantitative estimate of drug-likeness (QED) is 0.510. The van der Waals surface area contributed by atoms with E-state index in [-0.39, 0.29) is 5.56 Å². The van der Waals surface area contributed by atoms with Crippen LogP contribution in [0.2, 0.25) is 0 Å². The lowest BCUT2D eigenvalue weighted by Crippen LogP contribution is -2.42. The van der Waals surface area contributed by atoms with Crippen molar-refractivity contribution >= 4 is 18.0 Å². The molecule has 1 aliphatic heterocycles. The SMILES string of the molecule is COc1ccc([C@@H]2[C@@H](NC(=O)c3ccc(F)cc3)C(=O)N/[N+]2=C\c2ccc(OC)c(OC)c2)cc1. The van der Waals surface area contributed by atoms with Gasteiger partial charge in [0, 0.05) is 16.7 Å². The molecule has 35 heavy (non-hydrogen) atoms. The van der Waals surface area contributed by atoms with Crippen LogP contribution in [0.4, 0.5) is 4.39 Å². The Morgan fingerprint density at radius 2 is 1.63 bits per heavy atom. The number of amides is 2. The maximum atomic E-state index is 13.3. The molecule has 9 heteroatoms. The number of nitrogens with one attached hydrogen (secondary N) is 2. The van der Waals surface area contributed by atoms with Gasteiger partial charge in [0.15, 0.2) is 17.5 Å². The normalized spacial score (nSPS) is 18.2. The van der Waals surface area contributed by atoms with Gasteiger partial charge in [-0.1, -0.05) is 0 Å². The first-order valence-electron chi connectivity index (χ1n) is 10.8. The summed E-state index contributed by atoms with van der Waals surface area (Å²) in [7, 11) is 4.66. The van der Waals surface area contributed by atoms with E-state index in [9.17, 15) is 14.0 Å². The predicted octanol–water partition coefficient (Wildman–Crippen LogP) is 2.87. The molecule has 0 aromatic heterocycles. The number of carbonyl (C=O) groups excluding carboxylic acids is 2. The van der Waals surface area contributed by atoms with Crippen LogP contribution in [-0.4, -0.2) is 50.1 Å². The smallest absolute Gasteiger partial charge is 0.304 e. The van der Waals surface area contributed by atoms with E-state index in [0.717, 1.165) is 11.1 Å². The number of hydrazine groups is 1. The summed E-state index contributed by atoms with van der Waals surface area (Å²) >= 11 is 0. The molecule has 0 saturated carbocycles. The van der Waals surface area contributed by atoms with E-state index in [1.54, 1.807) is 56.5 Å². The molecule has 0 unspecified atom stereocenters. The van der Waals surface area contributed by atoms with Gasteiger partial charge in [-0.3, -0.25) is 9.59 Å². The van der Waals surface area contributed by atoms with Crippen LogP contribution in [-0.2, 0) is 4.79 Å². The van der Waals surface area contributed by atoms with Crippen molar-refractivity contribution in [2.75, 3.05) is 21.3 Å². The molecule has 0 aliphatic carbocycles. The summed E-state index contributed by atoms with van der Waals surface area (Å²) in [5.74, 6) is 0.440. The van der Waals surface area contributed by atoms with Crippen molar-refractivity contribution in [3.63, 3.8) is 0 Å². The summed E-state index contributed by atoms with van der Waals surface area (Å²) in [5, 5.41) is 2.79. The number of nitrogens with zero attached hydrogens (tertiary/aromatic N) is 1. The highest BCUT2D eigenvalue weighted by Crippen LogP contribution is 2.29. The van der Waals surface area contributed by atoms with Gasteiger partial charge in [0.2, 0.25) is 12.3 Å². The fourth-order valence-electron chi connectivity index (χ4n) is 3.90. The number of benzene rings is 3. The molecular formula is C26H25FN3O5+. The summed E-state index contributed by atoms with van der Waals surface area (Å²) < 4.78 is 30.9. The second kappa shape index (κ2) is 10.3. The van der Waals surface area contributed by atoms with Crippen LogP contribution in [0.3, 0.4) is 0 Å². The first-order chi connectivity index (χ1) is 16.9. The number of hydrogen-bond acceptors (Lipinski definition) is 5. The number of methoxy groups -OCH3 is 3. The molecule has 8 nitrogen and oxygen atoms in total. The standard InChI is InChI=1S/C26H24FN3O5/c1-33-20-11-7-17(8-12-20)24-23(28-25(31)18-5-9-19(27)10-6-18)26(32)29-30(24)15-16-4-13-21(34-2)22(14-16)35-3/h4-15,23-24H,1-3H3,(H-,28,29,31,32)/p+1/b30-15-/t23-,24-/m1/s1. The molecule has 1 heterocycles. The van der Waals surface area contributed by atoms with Crippen LogP contribution in [0.5, 0.6) is 17.2 Å². The van der Waals surface area contributed by atoms with E-state index in [2.05, 4.69) is 10.7 Å². The number of rotatable bonds is 7. The van der Waals surface area contributed by atoms with Crippen molar-refractivity contribution in [1.29, 1.82) is 0 Å². The Labute approximate surface area is 201 Å². The molecule has 2 atom stereocenters. The highest BCUT2D eigenvalue weighted by molar-refractivity contribution is 5.98. The molecule has 180 valence electrons.